The number of hydrogen-bond acceptors (Lipinski definition) is 7. The molecule has 0 spiro atoms. The predicted molar refractivity (Wildman–Crippen MR) is 124 cm³/mol. The second-order valence-corrected chi connectivity index (χ2v) is 10.0. The summed E-state index contributed by atoms with van der Waals surface area (Å²) in [5.74, 6) is -0.0784. The third kappa shape index (κ3) is 5.14. The molecule has 33 heavy (non-hydrogen) atoms. The van der Waals surface area contributed by atoms with Crippen LogP contribution >= 0.6 is 11.6 Å². The number of halogens is 1. The minimum Gasteiger partial charge on any atom is -0.390 e. The summed E-state index contributed by atoms with van der Waals surface area (Å²) in [6.07, 6.45) is 2.48. The Kier molecular flexibility index (Phi) is 6.61. The van der Waals surface area contributed by atoms with Crippen LogP contribution in [-0.4, -0.2) is 58.9 Å². The monoisotopic (exact) mass is 487 g/mol. The number of nitrogens with one attached hydrogen (secondary N) is 1. The zero-order valence-electron chi connectivity index (χ0n) is 17.4. The number of hydrogen-bond donors (Lipinski definition) is 3. The van der Waals surface area contributed by atoms with Crippen LogP contribution < -0.4 is 11.1 Å². The molecule has 1 aromatic carbocycles. The summed E-state index contributed by atoms with van der Waals surface area (Å²) in [5.41, 5.74) is 6.82. The number of rotatable bonds is 6. The van der Waals surface area contributed by atoms with Crippen molar-refractivity contribution in [3.05, 3.63) is 71.6 Å². The first-order valence-electron chi connectivity index (χ1n) is 10.2. The van der Waals surface area contributed by atoms with Gasteiger partial charge in [-0.3, -0.25) is 9.78 Å². The third-order valence-corrected chi connectivity index (χ3v) is 7.55. The Morgan fingerprint density at radius 2 is 1.88 bits per heavy atom. The molecule has 1 saturated heterocycles. The van der Waals surface area contributed by atoms with Gasteiger partial charge in [-0.15, -0.1) is 0 Å². The van der Waals surface area contributed by atoms with Gasteiger partial charge in [0.1, 0.15) is 11.5 Å². The number of aliphatic hydroxyl groups excluding tert-OH is 1. The summed E-state index contributed by atoms with van der Waals surface area (Å²) in [6, 6.07) is 12.6. The number of nitrogens with zero attached hydrogens (tertiary/aromatic N) is 3. The molecule has 0 aliphatic carbocycles. The molecule has 1 aliphatic rings. The number of aromatic nitrogens is 2. The molecule has 3 heterocycles. The van der Waals surface area contributed by atoms with Gasteiger partial charge in [0, 0.05) is 25.5 Å². The molecule has 0 bridgehead atoms. The number of amides is 1. The van der Waals surface area contributed by atoms with Crippen molar-refractivity contribution in [2.75, 3.05) is 18.4 Å². The lowest BCUT2D eigenvalue weighted by molar-refractivity contribution is 0.0949. The van der Waals surface area contributed by atoms with E-state index in [9.17, 15) is 18.3 Å². The Morgan fingerprint density at radius 1 is 1.12 bits per heavy atom. The van der Waals surface area contributed by atoms with E-state index < -0.39 is 22.0 Å². The van der Waals surface area contributed by atoms with Gasteiger partial charge in [0.25, 0.3) is 5.91 Å². The van der Waals surface area contributed by atoms with Crippen LogP contribution in [0.3, 0.4) is 0 Å². The van der Waals surface area contributed by atoms with Crippen LogP contribution in [0.2, 0.25) is 5.02 Å². The average Bonchev–Trinajstić information content (AvgIpc) is 2.82. The normalized spacial score (nSPS) is 19.2. The van der Waals surface area contributed by atoms with E-state index in [0.717, 1.165) is 5.56 Å². The summed E-state index contributed by atoms with van der Waals surface area (Å²) in [7, 11) is -3.79. The number of sulfonamides is 1. The highest BCUT2D eigenvalue weighted by atomic mass is 35.5. The lowest BCUT2D eigenvalue weighted by Crippen LogP contribution is -2.51. The molecular formula is C22H22ClN5O4S. The molecule has 0 unspecified atom stereocenters. The van der Waals surface area contributed by atoms with E-state index in [1.54, 1.807) is 36.4 Å². The van der Waals surface area contributed by atoms with Crippen LogP contribution in [0.5, 0.6) is 0 Å². The minimum atomic E-state index is -3.79. The molecule has 2 aromatic heterocycles. The molecule has 1 aliphatic heterocycles. The molecule has 4 rings (SSSR count). The van der Waals surface area contributed by atoms with Crippen LogP contribution in [0.15, 0.2) is 65.8 Å². The summed E-state index contributed by atoms with van der Waals surface area (Å²) in [4.78, 5) is 19.5. The van der Waals surface area contributed by atoms with Crippen molar-refractivity contribution < 1.29 is 18.3 Å². The SMILES string of the molecule is NC(=O)c1cc(-c2ccc(S(=O)(=O)N3CC[C@@H](Nc4ccc(Cl)cn4)[C@@H](O)C3)cc2)ccn1. The number of β-amino-alcohol motifs (C(OH)–C–C–N with tert-alkyl or cyclic N) is 1. The van der Waals surface area contributed by atoms with Crippen molar-refractivity contribution >= 4 is 33.3 Å². The highest BCUT2D eigenvalue weighted by Gasteiger charge is 2.34. The number of aliphatic hydroxyl groups is 1. The zero-order valence-corrected chi connectivity index (χ0v) is 19.0. The number of nitrogens with two attached hydrogens (primary N) is 1. The topological polar surface area (TPSA) is 139 Å². The number of carbonyl (C=O) groups excluding carboxylic acids is 1. The minimum absolute atomic E-state index is 0.0400. The fourth-order valence-electron chi connectivity index (χ4n) is 3.65. The quantitative estimate of drug-likeness (QED) is 0.484. The van der Waals surface area contributed by atoms with Crippen molar-refractivity contribution in [1.29, 1.82) is 0 Å². The van der Waals surface area contributed by atoms with Gasteiger partial charge in [-0.2, -0.15) is 4.31 Å². The van der Waals surface area contributed by atoms with Crippen LogP contribution in [0, 0.1) is 0 Å². The number of pyridine rings is 2. The van der Waals surface area contributed by atoms with Gasteiger partial charge in [0.05, 0.1) is 22.1 Å². The molecule has 3 aromatic rings. The largest absolute Gasteiger partial charge is 0.390 e. The number of piperidine rings is 1. The van der Waals surface area contributed by atoms with Gasteiger partial charge >= 0.3 is 0 Å². The Morgan fingerprint density at radius 3 is 2.52 bits per heavy atom. The molecule has 0 saturated carbocycles. The maximum Gasteiger partial charge on any atom is 0.267 e. The molecule has 1 fully saturated rings. The molecule has 4 N–H and O–H groups in total. The van der Waals surface area contributed by atoms with Crippen molar-refractivity contribution in [2.24, 2.45) is 5.73 Å². The number of benzene rings is 1. The average molecular weight is 488 g/mol. The van der Waals surface area contributed by atoms with Crippen LogP contribution in [0.1, 0.15) is 16.9 Å². The number of anilines is 1. The van der Waals surface area contributed by atoms with Gasteiger partial charge < -0.3 is 16.2 Å². The molecule has 1 amide bonds. The lowest BCUT2D eigenvalue weighted by atomic mass is 10.0. The van der Waals surface area contributed by atoms with E-state index in [1.807, 2.05) is 0 Å². The molecular weight excluding hydrogens is 466 g/mol. The fraction of sp³-hybridized carbons (Fsp3) is 0.227. The van der Waals surface area contributed by atoms with E-state index in [2.05, 4.69) is 15.3 Å². The van der Waals surface area contributed by atoms with E-state index in [-0.39, 0.29) is 29.7 Å². The Bertz CT molecular complexity index is 1250. The smallest absolute Gasteiger partial charge is 0.267 e. The molecule has 11 heteroatoms. The third-order valence-electron chi connectivity index (χ3n) is 5.44. The lowest BCUT2D eigenvalue weighted by Gasteiger charge is -2.35. The van der Waals surface area contributed by atoms with Gasteiger partial charge in [0.2, 0.25) is 10.0 Å². The fourth-order valence-corrected chi connectivity index (χ4v) is 5.24. The predicted octanol–water partition coefficient (Wildman–Crippen LogP) is 2.13. The Balaban J connectivity index is 1.45. The maximum atomic E-state index is 13.1. The van der Waals surface area contributed by atoms with Crippen molar-refractivity contribution in [3.8, 4) is 11.1 Å². The van der Waals surface area contributed by atoms with Crippen LogP contribution in [-0.2, 0) is 10.0 Å². The first-order chi connectivity index (χ1) is 15.7. The molecule has 9 nitrogen and oxygen atoms in total. The first kappa shape index (κ1) is 23.1. The summed E-state index contributed by atoms with van der Waals surface area (Å²) in [5, 5.41) is 14.2. The van der Waals surface area contributed by atoms with Crippen LogP contribution in [0.25, 0.3) is 11.1 Å². The standard InChI is InChI=1S/C22H22ClN5O4S/c23-16-3-6-21(26-12-16)27-18-8-10-28(13-20(18)29)33(31,32)17-4-1-14(2-5-17)15-7-9-25-19(11-15)22(24)30/h1-7,9,11-12,18,20,29H,8,10,13H2,(H2,24,30)(H,26,27)/t18-,20+/m1/s1. The highest BCUT2D eigenvalue weighted by molar-refractivity contribution is 7.89. The van der Waals surface area contributed by atoms with E-state index in [1.165, 1.54) is 28.8 Å². The van der Waals surface area contributed by atoms with Crippen LogP contribution in [0.4, 0.5) is 5.82 Å². The van der Waals surface area contributed by atoms with E-state index in [4.69, 9.17) is 17.3 Å². The summed E-state index contributed by atoms with van der Waals surface area (Å²) < 4.78 is 27.5. The van der Waals surface area contributed by atoms with Gasteiger partial charge in [-0.1, -0.05) is 23.7 Å². The van der Waals surface area contributed by atoms with Crippen molar-refractivity contribution in [1.82, 2.24) is 14.3 Å². The van der Waals surface area contributed by atoms with Gasteiger partial charge in [0.15, 0.2) is 0 Å². The molecule has 172 valence electrons. The number of primary amides is 1. The zero-order chi connectivity index (χ0) is 23.6. The van der Waals surface area contributed by atoms with Gasteiger partial charge in [-0.25, -0.2) is 13.4 Å². The summed E-state index contributed by atoms with van der Waals surface area (Å²) >= 11 is 5.84. The maximum absolute atomic E-state index is 13.1. The Labute approximate surface area is 196 Å². The second-order valence-electron chi connectivity index (χ2n) is 7.65. The van der Waals surface area contributed by atoms with Gasteiger partial charge in [-0.05, 0) is 53.9 Å². The number of carbonyl (C=O) groups is 1. The van der Waals surface area contributed by atoms with E-state index in [0.29, 0.717) is 22.8 Å². The Hall–Kier alpha value is -3.05. The second kappa shape index (κ2) is 9.44. The first-order valence-corrected chi connectivity index (χ1v) is 12.0. The van der Waals surface area contributed by atoms with E-state index >= 15 is 0 Å². The highest BCUT2D eigenvalue weighted by Crippen LogP contribution is 2.26. The molecule has 2 atom stereocenters. The molecule has 0 radical (unpaired) electrons. The van der Waals surface area contributed by atoms with Crippen molar-refractivity contribution in [3.63, 3.8) is 0 Å². The van der Waals surface area contributed by atoms with Crippen molar-refractivity contribution in [2.45, 2.75) is 23.5 Å². The summed E-state index contributed by atoms with van der Waals surface area (Å²) in [6.45, 7) is 0.209.